The number of aromatic nitrogens is 3. The highest BCUT2D eigenvalue weighted by Gasteiger charge is 2.49. The van der Waals surface area contributed by atoms with Gasteiger partial charge in [-0.15, -0.1) is 0 Å². The molecule has 0 bridgehead atoms. The minimum Gasteiger partial charge on any atom is -0.351 e. The van der Waals surface area contributed by atoms with Crippen molar-refractivity contribution in [2.24, 2.45) is 0 Å². The first-order valence-electron chi connectivity index (χ1n) is 12.3. The Balaban J connectivity index is 1.51. The molecule has 2 amide bonds. The SMILES string of the molecule is C[C@@]1(C(=O)NC2CCCC2)Cn2c(c(-n3cccc3)c3ccccc32)C(=O)N1Cc1cccnc1. The van der Waals surface area contributed by atoms with Gasteiger partial charge in [0.15, 0.2) is 0 Å². The molecule has 1 N–H and O–H groups in total. The van der Waals surface area contributed by atoms with Crippen molar-refractivity contribution in [3.05, 3.63) is 84.6 Å². The van der Waals surface area contributed by atoms with E-state index in [1.807, 2.05) is 77.0 Å². The largest absolute Gasteiger partial charge is 0.351 e. The first-order chi connectivity index (χ1) is 17.1. The van der Waals surface area contributed by atoms with Gasteiger partial charge in [0, 0.05) is 42.8 Å². The highest BCUT2D eigenvalue weighted by Crippen LogP contribution is 2.38. The standard InChI is InChI=1S/C28H29N5O2/c1-28(27(35)30-21-10-2-3-11-21)19-32-23-13-5-4-12-22(23)24(31-15-6-7-16-31)25(32)26(34)33(28)18-20-9-8-14-29-17-20/h4-9,12-17,21H,2-3,10-11,18-19H2,1H3,(H,30,35)/t28-/m0/s1. The molecule has 0 saturated heterocycles. The van der Waals surface area contributed by atoms with Gasteiger partial charge >= 0.3 is 0 Å². The van der Waals surface area contributed by atoms with Crippen molar-refractivity contribution in [2.45, 2.75) is 57.3 Å². The van der Waals surface area contributed by atoms with Gasteiger partial charge in [0.25, 0.3) is 5.91 Å². The van der Waals surface area contributed by atoms with Crippen LogP contribution in [-0.4, -0.2) is 42.4 Å². The van der Waals surface area contributed by atoms with Crippen molar-refractivity contribution in [2.75, 3.05) is 0 Å². The third-order valence-electron chi connectivity index (χ3n) is 7.56. The van der Waals surface area contributed by atoms with Gasteiger partial charge in [-0.1, -0.05) is 37.1 Å². The summed E-state index contributed by atoms with van der Waals surface area (Å²) < 4.78 is 4.04. The number of carbonyl (C=O) groups is 2. The molecule has 1 aliphatic carbocycles. The third-order valence-corrected chi connectivity index (χ3v) is 7.56. The number of nitrogens with one attached hydrogen (secondary N) is 1. The van der Waals surface area contributed by atoms with E-state index in [0.29, 0.717) is 18.8 Å². The number of para-hydroxylation sites is 1. The number of amides is 2. The first kappa shape index (κ1) is 21.6. The summed E-state index contributed by atoms with van der Waals surface area (Å²) in [6, 6.07) is 16.0. The molecule has 2 aliphatic rings. The maximum absolute atomic E-state index is 14.4. The molecule has 1 aromatic carbocycles. The van der Waals surface area contributed by atoms with E-state index >= 15 is 0 Å². The molecule has 7 nitrogen and oxygen atoms in total. The van der Waals surface area contributed by atoms with E-state index in [1.165, 1.54) is 0 Å². The van der Waals surface area contributed by atoms with Crippen molar-refractivity contribution < 1.29 is 9.59 Å². The Morgan fingerprint density at radius 1 is 1.09 bits per heavy atom. The molecule has 4 heterocycles. The molecule has 0 unspecified atom stereocenters. The molecule has 3 aromatic heterocycles. The van der Waals surface area contributed by atoms with Crippen LogP contribution < -0.4 is 5.32 Å². The molecule has 6 rings (SSSR count). The monoisotopic (exact) mass is 467 g/mol. The highest BCUT2D eigenvalue weighted by molar-refractivity contribution is 6.08. The van der Waals surface area contributed by atoms with Crippen molar-refractivity contribution in [1.29, 1.82) is 0 Å². The van der Waals surface area contributed by atoms with Crippen LogP contribution >= 0.6 is 0 Å². The second-order valence-electron chi connectivity index (χ2n) is 9.87. The topological polar surface area (TPSA) is 72.2 Å². The number of carbonyl (C=O) groups excluding carboxylic acids is 2. The summed E-state index contributed by atoms with van der Waals surface area (Å²) in [6.07, 6.45) is 11.7. The van der Waals surface area contributed by atoms with Gasteiger partial charge in [-0.3, -0.25) is 14.6 Å². The molecule has 1 atom stereocenters. The zero-order chi connectivity index (χ0) is 24.0. The summed E-state index contributed by atoms with van der Waals surface area (Å²) in [4.78, 5) is 34.2. The molecular weight excluding hydrogens is 438 g/mol. The molecular formula is C28H29N5O2. The van der Waals surface area contributed by atoms with Crippen LogP contribution in [0.4, 0.5) is 0 Å². The predicted molar refractivity (Wildman–Crippen MR) is 134 cm³/mol. The van der Waals surface area contributed by atoms with Crippen molar-refractivity contribution in [1.82, 2.24) is 24.3 Å². The van der Waals surface area contributed by atoms with Crippen molar-refractivity contribution in [3.8, 4) is 5.69 Å². The maximum Gasteiger partial charge on any atom is 0.273 e. The third kappa shape index (κ3) is 3.53. The molecule has 178 valence electrons. The zero-order valence-corrected chi connectivity index (χ0v) is 19.9. The summed E-state index contributed by atoms with van der Waals surface area (Å²) in [7, 11) is 0. The Bertz CT molecular complexity index is 1390. The fraction of sp³-hybridized carbons (Fsp3) is 0.321. The molecule has 1 saturated carbocycles. The number of pyridine rings is 1. The second kappa shape index (κ2) is 8.41. The van der Waals surface area contributed by atoms with Gasteiger partial charge in [-0.2, -0.15) is 0 Å². The van der Waals surface area contributed by atoms with E-state index in [1.54, 1.807) is 17.3 Å². The Morgan fingerprint density at radius 3 is 2.60 bits per heavy atom. The van der Waals surface area contributed by atoms with Gasteiger partial charge in [0.2, 0.25) is 5.91 Å². The van der Waals surface area contributed by atoms with Gasteiger partial charge in [-0.25, -0.2) is 0 Å². The van der Waals surface area contributed by atoms with Gasteiger partial charge in [0.1, 0.15) is 11.2 Å². The van der Waals surface area contributed by atoms with Crippen molar-refractivity contribution >= 4 is 22.7 Å². The molecule has 0 radical (unpaired) electrons. The van der Waals surface area contributed by atoms with Crippen molar-refractivity contribution in [3.63, 3.8) is 0 Å². The zero-order valence-electron chi connectivity index (χ0n) is 19.9. The lowest BCUT2D eigenvalue weighted by Gasteiger charge is -2.44. The van der Waals surface area contributed by atoms with Gasteiger partial charge < -0.3 is 19.4 Å². The average molecular weight is 468 g/mol. The molecule has 7 heteroatoms. The molecule has 1 aliphatic heterocycles. The molecule has 4 aromatic rings. The number of benzene rings is 1. The summed E-state index contributed by atoms with van der Waals surface area (Å²) in [5, 5.41) is 4.27. The minimum atomic E-state index is -1.04. The van der Waals surface area contributed by atoms with Gasteiger partial charge in [-0.05, 0) is 49.6 Å². The summed E-state index contributed by atoms with van der Waals surface area (Å²) in [5.41, 5.74) is 2.27. The van der Waals surface area contributed by atoms with E-state index < -0.39 is 5.54 Å². The number of rotatable bonds is 5. The Labute approximate surface area is 204 Å². The van der Waals surface area contributed by atoms with Crippen LogP contribution in [-0.2, 0) is 17.9 Å². The Kier molecular flexibility index (Phi) is 5.20. The van der Waals surface area contributed by atoms with Crippen LogP contribution in [0.25, 0.3) is 16.6 Å². The lowest BCUT2D eigenvalue weighted by molar-refractivity contribution is -0.133. The fourth-order valence-corrected chi connectivity index (χ4v) is 5.68. The maximum atomic E-state index is 14.4. The van der Waals surface area contributed by atoms with E-state index in [-0.39, 0.29) is 17.9 Å². The predicted octanol–water partition coefficient (Wildman–Crippen LogP) is 4.30. The highest BCUT2D eigenvalue weighted by atomic mass is 16.2. The van der Waals surface area contributed by atoms with E-state index in [0.717, 1.165) is 47.8 Å². The summed E-state index contributed by atoms with van der Waals surface area (Å²) in [6.45, 7) is 2.60. The number of hydrogen-bond donors (Lipinski definition) is 1. The normalized spacial score (nSPS) is 20.4. The van der Waals surface area contributed by atoms with E-state index in [9.17, 15) is 9.59 Å². The Morgan fingerprint density at radius 2 is 1.86 bits per heavy atom. The number of hydrogen-bond acceptors (Lipinski definition) is 3. The number of nitrogens with zero attached hydrogens (tertiary/aromatic N) is 4. The van der Waals surface area contributed by atoms with Crippen LogP contribution in [0.1, 0.15) is 48.7 Å². The summed E-state index contributed by atoms with van der Waals surface area (Å²) >= 11 is 0. The lowest BCUT2D eigenvalue weighted by Crippen LogP contribution is -2.64. The van der Waals surface area contributed by atoms with E-state index in [4.69, 9.17) is 0 Å². The van der Waals surface area contributed by atoms with Crippen LogP contribution in [0.2, 0.25) is 0 Å². The van der Waals surface area contributed by atoms with Crippen LogP contribution in [0.5, 0.6) is 0 Å². The minimum absolute atomic E-state index is 0.0902. The lowest BCUT2D eigenvalue weighted by atomic mass is 9.93. The fourth-order valence-electron chi connectivity index (χ4n) is 5.68. The molecule has 0 spiro atoms. The smallest absolute Gasteiger partial charge is 0.273 e. The first-order valence-corrected chi connectivity index (χ1v) is 12.3. The summed E-state index contributed by atoms with van der Waals surface area (Å²) in [5.74, 6) is -0.239. The quantitative estimate of drug-likeness (QED) is 0.476. The van der Waals surface area contributed by atoms with Crippen LogP contribution in [0.15, 0.2) is 73.3 Å². The van der Waals surface area contributed by atoms with Crippen LogP contribution in [0, 0.1) is 0 Å². The van der Waals surface area contributed by atoms with Gasteiger partial charge in [0.05, 0.1) is 17.7 Å². The molecule has 1 fully saturated rings. The molecule has 35 heavy (non-hydrogen) atoms. The Hall–Kier alpha value is -3.87. The van der Waals surface area contributed by atoms with E-state index in [2.05, 4.69) is 10.3 Å². The average Bonchev–Trinajstić information content (AvgIpc) is 3.63. The van der Waals surface area contributed by atoms with Crippen LogP contribution in [0.3, 0.4) is 0 Å². The number of fused-ring (bicyclic) bond motifs is 3. The second-order valence-corrected chi connectivity index (χ2v) is 9.87.